The average Bonchev–Trinajstić information content (AvgIpc) is 3.57. The summed E-state index contributed by atoms with van der Waals surface area (Å²) in [6, 6.07) is 10.8. The second-order valence-electron chi connectivity index (χ2n) is 8.53. The van der Waals surface area contributed by atoms with E-state index >= 15 is 0 Å². The Hall–Kier alpha value is -4.02. The summed E-state index contributed by atoms with van der Waals surface area (Å²) in [6.45, 7) is 2.98. The molecule has 0 bridgehead atoms. The largest absolute Gasteiger partial charge is 0.507 e. The summed E-state index contributed by atoms with van der Waals surface area (Å²) < 4.78 is 22.9. The van der Waals surface area contributed by atoms with Crippen molar-refractivity contribution >= 4 is 35.1 Å². The van der Waals surface area contributed by atoms with Crippen LogP contribution in [0.2, 0.25) is 0 Å². The molecule has 0 spiro atoms. The summed E-state index contributed by atoms with van der Waals surface area (Å²) in [5.41, 5.74) is 3.08. The molecule has 2 aromatic carbocycles. The van der Waals surface area contributed by atoms with Gasteiger partial charge in [-0.1, -0.05) is 0 Å². The number of aliphatic imine (C=N–C) groups is 2. The lowest BCUT2D eigenvalue weighted by atomic mass is 10.1. The fraction of sp³-hybridized carbons (Fsp3) is 0.214. The van der Waals surface area contributed by atoms with Crippen molar-refractivity contribution in [3.8, 4) is 55.4 Å². The van der Waals surface area contributed by atoms with Crippen LogP contribution in [-0.2, 0) is 0 Å². The van der Waals surface area contributed by atoms with Crippen molar-refractivity contribution in [1.82, 2.24) is 0 Å². The van der Waals surface area contributed by atoms with E-state index in [1.54, 1.807) is 47.2 Å². The predicted molar refractivity (Wildman–Crippen MR) is 150 cm³/mol. The molecule has 0 aliphatic carbocycles. The van der Waals surface area contributed by atoms with E-state index < -0.39 is 0 Å². The number of hydrogen-bond acceptors (Lipinski definition) is 10. The molecule has 0 atom stereocenters. The highest BCUT2D eigenvalue weighted by Crippen LogP contribution is 2.47. The lowest BCUT2D eigenvalue weighted by Crippen LogP contribution is -2.14. The Morgan fingerprint density at radius 2 is 1.11 bits per heavy atom. The Morgan fingerprint density at radius 1 is 0.658 bits per heavy atom. The van der Waals surface area contributed by atoms with E-state index in [1.807, 2.05) is 35.0 Å². The third-order valence-electron chi connectivity index (χ3n) is 6.00. The van der Waals surface area contributed by atoms with Gasteiger partial charge >= 0.3 is 0 Å². The fourth-order valence-electron chi connectivity index (χ4n) is 4.16. The number of thiophene rings is 2. The van der Waals surface area contributed by atoms with E-state index in [-0.39, 0.29) is 11.5 Å². The monoisotopic (exact) mass is 548 g/mol. The van der Waals surface area contributed by atoms with Crippen LogP contribution in [0.5, 0.6) is 34.5 Å². The molecule has 8 nitrogen and oxygen atoms in total. The third kappa shape index (κ3) is 4.92. The first-order chi connectivity index (χ1) is 18.7. The molecule has 4 aromatic rings. The highest BCUT2D eigenvalue weighted by atomic mass is 32.1. The number of rotatable bonds is 7. The zero-order chi connectivity index (χ0) is 25.9. The number of phenols is 2. The van der Waals surface area contributed by atoms with Gasteiger partial charge in [0, 0.05) is 34.3 Å². The number of ether oxygens (including phenoxy) is 4. The number of benzene rings is 2. The van der Waals surface area contributed by atoms with E-state index in [1.165, 1.54) is 0 Å². The molecule has 10 heteroatoms. The topological polar surface area (TPSA) is 102 Å². The van der Waals surface area contributed by atoms with Crippen LogP contribution in [0, 0.1) is 0 Å². The van der Waals surface area contributed by atoms with Crippen molar-refractivity contribution < 1.29 is 29.2 Å². The lowest BCUT2D eigenvalue weighted by Gasteiger charge is -2.16. The Labute approximate surface area is 227 Å². The lowest BCUT2D eigenvalue weighted by molar-refractivity contribution is 0.174. The van der Waals surface area contributed by atoms with E-state index in [0.717, 1.165) is 43.9 Å². The number of nitrogens with zero attached hydrogens (tertiary/aromatic N) is 2. The van der Waals surface area contributed by atoms with Gasteiger partial charge in [0.05, 0.1) is 22.8 Å². The van der Waals surface area contributed by atoms with E-state index in [2.05, 4.69) is 9.98 Å². The second-order valence-corrected chi connectivity index (χ2v) is 10.3. The quantitative estimate of drug-likeness (QED) is 0.229. The Kier molecular flexibility index (Phi) is 6.89. The van der Waals surface area contributed by atoms with Crippen molar-refractivity contribution in [2.45, 2.75) is 0 Å². The number of fused-ring (bicyclic) bond motifs is 2. The van der Waals surface area contributed by atoms with Crippen LogP contribution >= 0.6 is 22.7 Å². The minimum atomic E-state index is 0.149. The number of aromatic hydroxyl groups is 2. The number of phenolic OH excluding ortho intramolecular Hbond substituents is 2. The van der Waals surface area contributed by atoms with Crippen molar-refractivity contribution in [2.24, 2.45) is 9.98 Å². The van der Waals surface area contributed by atoms with Gasteiger partial charge in [0.15, 0.2) is 23.0 Å². The first kappa shape index (κ1) is 24.3. The summed E-state index contributed by atoms with van der Waals surface area (Å²) in [4.78, 5) is 10.8. The van der Waals surface area contributed by atoms with Crippen molar-refractivity contribution in [3.05, 3.63) is 58.3 Å². The summed E-state index contributed by atoms with van der Waals surface area (Å²) in [6.07, 6.45) is 3.29. The van der Waals surface area contributed by atoms with E-state index in [0.29, 0.717) is 50.6 Å². The normalized spacial score (nSPS) is 14.4. The van der Waals surface area contributed by atoms with Gasteiger partial charge in [-0.15, -0.1) is 22.7 Å². The van der Waals surface area contributed by atoms with Gasteiger partial charge in [-0.05, 0) is 47.5 Å². The first-order valence-corrected chi connectivity index (χ1v) is 13.8. The van der Waals surface area contributed by atoms with Crippen molar-refractivity contribution in [1.29, 1.82) is 0 Å². The molecule has 2 aliphatic heterocycles. The van der Waals surface area contributed by atoms with E-state index in [4.69, 9.17) is 18.9 Å². The molecule has 6 rings (SSSR count). The van der Waals surface area contributed by atoms with Gasteiger partial charge in [-0.2, -0.15) is 0 Å². The first-order valence-electron chi connectivity index (χ1n) is 12.1. The van der Waals surface area contributed by atoms with Gasteiger partial charge in [-0.3, -0.25) is 9.98 Å². The predicted octanol–water partition coefficient (Wildman–Crippen LogP) is 5.64. The summed E-state index contributed by atoms with van der Waals surface area (Å²) in [5, 5.41) is 24.5. The maximum absolute atomic E-state index is 10.3. The summed E-state index contributed by atoms with van der Waals surface area (Å²) in [5.74, 6) is 3.30. The minimum Gasteiger partial charge on any atom is -0.507 e. The molecular weight excluding hydrogens is 524 g/mol. The van der Waals surface area contributed by atoms with Crippen LogP contribution < -0.4 is 18.9 Å². The molecule has 0 unspecified atom stereocenters. The highest BCUT2D eigenvalue weighted by Gasteiger charge is 2.21. The molecule has 0 saturated heterocycles. The summed E-state index contributed by atoms with van der Waals surface area (Å²) in [7, 11) is 0. The Balaban J connectivity index is 1.11. The summed E-state index contributed by atoms with van der Waals surface area (Å²) >= 11 is 3.09. The molecule has 0 amide bonds. The molecule has 38 heavy (non-hydrogen) atoms. The molecule has 0 radical (unpaired) electrons. The molecular formula is C28H24N2O6S2. The smallest absolute Gasteiger partial charge is 0.179 e. The Morgan fingerprint density at radius 3 is 1.58 bits per heavy atom. The fourth-order valence-corrected chi connectivity index (χ4v) is 6.02. The number of hydrogen-bond donors (Lipinski definition) is 2. The molecule has 2 N–H and O–H groups in total. The van der Waals surface area contributed by atoms with Gasteiger partial charge in [0.2, 0.25) is 0 Å². The van der Waals surface area contributed by atoms with Gasteiger partial charge < -0.3 is 29.2 Å². The average molecular weight is 549 g/mol. The molecule has 0 saturated carbocycles. The second kappa shape index (κ2) is 10.8. The van der Waals surface area contributed by atoms with Gasteiger partial charge in [0.25, 0.3) is 0 Å². The van der Waals surface area contributed by atoms with Crippen LogP contribution in [0.1, 0.15) is 11.1 Å². The zero-order valence-electron chi connectivity index (χ0n) is 20.3. The van der Waals surface area contributed by atoms with Crippen molar-refractivity contribution in [2.75, 3.05) is 39.5 Å². The van der Waals surface area contributed by atoms with Crippen LogP contribution in [0.15, 0.2) is 57.1 Å². The third-order valence-corrected chi connectivity index (χ3v) is 7.98. The van der Waals surface area contributed by atoms with Gasteiger partial charge in [-0.25, -0.2) is 0 Å². The van der Waals surface area contributed by atoms with Crippen LogP contribution in [0.3, 0.4) is 0 Å². The SMILES string of the molecule is Oc1ccc(-c2scc3c2OCCO3)cc1C=NCCN=Cc1cc(-c2scc3c2OCCO3)ccc1O. The van der Waals surface area contributed by atoms with Crippen LogP contribution in [0.4, 0.5) is 0 Å². The molecule has 194 valence electrons. The van der Waals surface area contributed by atoms with Gasteiger partial charge in [0.1, 0.15) is 37.9 Å². The van der Waals surface area contributed by atoms with Crippen LogP contribution in [-0.4, -0.2) is 62.2 Å². The standard InChI is InChI=1S/C28H24N2O6S2/c31-21-3-1-17(27-25-23(15-37-27)33-7-9-35-25)11-19(21)13-29-5-6-30-14-20-12-18(2-4-22(20)32)28-26-24(16-38-28)34-8-10-36-26/h1-4,11-16,31-32H,5-10H2. The molecule has 4 heterocycles. The minimum absolute atomic E-state index is 0.149. The molecule has 0 fully saturated rings. The van der Waals surface area contributed by atoms with Crippen LogP contribution in [0.25, 0.3) is 20.9 Å². The molecule has 2 aliphatic rings. The maximum Gasteiger partial charge on any atom is 0.179 e. The maximum atomic E-state index is 10.3. The van der Waals surface area contributed by atoms with E-state index in [9.17, 15) is 10.2 Å². The highest BCUT2D eigenvalue weighted by molar-refractivity contribution is 7.14. The van der Waals surface area contributed by atoms with Crippen molar-refractivity contribution in [3.63, 3.8) is 0 Å². The Bertz CT molecular complexity index is 1410. The zero-order valence-corrected chi connectivity index (χ0v) is 21.9. The molecule has 2 aromatic heterocycles.